The second-order valence-corrected chi connectivity index (χ2v) is 6.08. The van der Waals surface area contributed by atoms with Crippen LogP contribution in [0.15, 0.2) is 24.3 Å². The molecule has 0 aliphatic rings. The number of ketones is 1. The maximum absolute atomic E-state index is 12.2. The van der Waals surface area contributed by atoms with Crippen LogP contribution in [0.1, 0.15) is 45.7 Å². The maximum Gasteiger partial charge on any atom is 0.223 e. The zero-order valence-corrected chi connectivity index (χ0v) is 13.8. The van der Waals surface area contributed by atoms with Gasteiger partial charge in [0.05, 0.1) is 6.04 Å². The number of hydrogen-bond donors (Lipinski definition) is 1. The van der Waals surface area contributed by atoms with E-state index in [4.69, 9.17) is 0 Å². The van der Waals surface area contributed by atoms with E-state index in [1.807, 2.05) is 45.0 Å². The molecular formula is C18H27NO2. The van der Waals surface area contributed by atoms with Crippen LogP contribution in [0.5, 0.6) is 0 Å². The average Bonchev–Trinajstić information content (AvgIpc) is 2.46. The van der Waals surface area contributed by atoms with Crippen LogP contribution >= 0.6 is 0 Å². The van der Waals surface area contributed by atoms with Gasteiger partial charge in [-0.25, -0.2) is 0 Å². The smallest absolute Gasteiger partial charge is 0.223 e. The van der Waals surface area contributed by atoms with Crippen LogP contribution in [0.25, 0.3) is 0 Å². The van der Waals surface area contributed by atoms with E-state index in [1.54, 1.807) is 6.92 Å². The highest BCUT2D eigenvalue weighted by Crippen LogP contribution is 2.11. The molecule has 3 heteroatoms. The summed E-state index contributed by atoms with van der Waals surface area (Å²) in [6, 6.07) is 7.63. The number of hydrogen-bond acceptors (Lipinski definition) is 2. The number of carbonyl (C=O) groups excluding carboxylic acids is 2. The predicted octanol–water partition coefficient (Wildman–Crippen LogP) is 3.16. The summed E-state index contributed by atoms with van der Waals surface area (Å²) in [5.74, 6) is 0.189. The van der Waals surface area contributed by atoms with Crippen LogP contribution in [0.3, 0.4) is 0 Å². The topological polar surface area (TPSA) is 46.2 Å². The van der Waals surface area contributed by atoms with Gasteiger partial charge in [-0.1, -0.05) is 52.0 Å². The van der Waals surface area contributed by atoms with Crippen LogP contribution in [0.2, 0.25) is 0 Å². The van der Waals surface area contributed by atoms with Crippen molar-refractivity contribution in [1.29, 1.82) is 0 Å². The molecule has 0 heterocycles. The third-order valence-electron chi connectivity index (χ3n) is 4.06. The van der Waals surface area contributed by atoms with E-state index in [0.29, 0.717) is 6.42 Å². The van der Waals surface area contributed by atoms with Crippen molar-refractivity contribution in [2.45, 2.75) is 53.5 Å². The molecule has 0 bridgehead atoms. The molecule has 0 aliphatic carbocycles. The lowest BCUT2D eigenvalue weighted by molar-refractivity contribution is -0.130. The molecule has 0 aromatic heterocycles. The quantitative estimate of drug-likeness (QED) is 0.838. The van der Waals surface area contributed by atoms with Gasteiger partial charge in [-0.05, 0) is 30.4 Å². The van der Waals surface area contributed by atoms with E-state index in [9.17, 15) is 9.59 Å². The van der Waals surface area contributed by atoms with Crippen LogP contribution in [-0.2, 0) is 22.4 Å². The van der Waals surface area contributed by atoms with E-state index < -0.39 is 6.04 Å². The molecule has 3 nitrogen and oxygen atoms in total. The molecule has 0 fully saturated rings. The highest BCUT2D eigenvalue weighted by atomic mass is 16.2. The molecule has 0 aliphatic heterocycles. The normalized spacial score (nSPS) is 13.8. The van der Waals surface area contributed by atoms with Crippen molar-refractivity contribution < 1.29 is 9.59 Å². The van der Waals surface area contributed by atoms with Crippen molar-refractivity contribution in [2.24, 2.45) is 11.8 Å². The summed E-state index contributed by atoms with van der Waals surface area (Å²) in [6.45, 7) is 9.76. The molecule has 1 aromatic rings. The minimum atomic E-state index is -0.440. The average molecular weight is 289 g/mol. The van der Waals surface area contributed by atoms with Crippen molar-refractivity contribution in [3.05, 3.63) is 35.4 Å². The molecule has 0 spiro atoms. The Bertz CT molecular complexity index is 476. The van der Waals surface area contributed by atoms with Crippen molar-refractivity contribution in [3.8, 4) is 0 Å². The maximum atomic E-state index is 12.2. The SMILES string of the molecule is CCc1ccc(CC(=O)[C@H](C)NC(=O)[C@@H](C)C(C)C)cc1. The van der Waals surface area contributed by atoms with E-state index in [-0.39, 0.29) is 23.5 Å². The third-order valence-corrected chi connectivity index (χ3v) is 4.06. The second kappa shape index (κ2) is 7.96. The summed E-state index contributed by atoms with van der Waals surface area (Å²) >= 11 is 0. The summed E-state index contributed by atoms with van der Waals surface area (Å²) < 4.78 is 0. The van der Waals surface area contributed by atoms with E-state index in [0.717, 1.165) is 12.0 Å². The lowest BCUT2D eigenvalue weighted by Crippen LogP contribution is -2.42. The number of aryl methyl sites for hydroxylation is 1. The number of rotatable bonds is 7. The van der Waals surface area contributed by atoms with Crippen molar-refractivity contribution in [2.75, 3.05) is 0 Å². The molecule has 2 atom stereocenters. The van der Waals surface area contributed by atoms with Gasteiger partial charge in [0, 0.05) is 12.3 Å². The number of benzene rings is 1. The standard InChI is InChI=1S/C18H27NO2/c1-6-15-7-9-16(10-8-15)11-17(20)14(5)19-18(21)13(4)12(2)3/h7-10,12-14H,6,11H2,1-5H3,(H,19,21)/t13-,14-/m0/s1. The first-order chi connectivity index (χ1) is 9.85. The van der Waals surface area contributed by atoms with Crippen molar-refractivity contribution in [3.63, 3.8) is 0 Å². The Morgan fingerprint density at radius 1 is 1.00 bits per heavy atom. The fourth-order valence-electron chi connectivity index (χ4n) is 1.98. The Kier molecular flexibility index (Phi) is 6.60. The van der Waals surface area contributed by atoms with E-state index in [2.05, 4.69) is 12.2 Å². The van der Waals surface area contributed by atoms with Crippen LogP contribution < -0.4 is 5.32 Å². The number of amides is 1. The molecule has 0 saturated carbocycles. The van der Waals surface area contributed by atoms with Gasteiger partial charge in [0.1, 0.15) is 0 Å². The number of Topliss-reactive ketones (excluding diaryl/α,β-unsaturated/α-hetero) is 1. The largest absolute Gasteiger partial charge is 0.346 e. The van der Waals surface area contributed by atoms with Gasteiger partial charge in [-0.2, -0.15) is 0 Å². The summed E-state index contributed by atoms with van der Waals surface area (Å²) in [6.07, 6.45) is 1.36. The first kappa shape index (κ1) is 17.4. The molecule has 1 N–H and O–H groups in total. The number of nitrogens with one attached hydrogen (secondary N) is 1. The monoisotopic (exact) mass is 289 g/mol. The number of carbonyl (C=O) groups is 2. The Morgan fingerprint density at radius 3 is 2.00 bits per heavy atom. The molecule has 1 aromatic carbocycles. The molecule has 1 rings (SSSR count). The molecule has 0 radical (unpaired) electrons. The lowest BCUT2D eigenvalue weighted by Gasteiger charge is -2.19. The van der Waals surface area contributed by atoms with Crippen LogP contribution in [-0.4, -0.2) is 17.7 Å². The Labute approximate surface area is 128 Å². The molecule has 0 saturated heterocycles. The Hall–Kier alpha value is -1.64. The predicted molar refractivity (Wildman–Crippen MR) is 86.1 cm³/mol. The molecule has 1 amide bonds. The van der Waals surface area contributed by atoms with Crippen molar-refractivity contribution in [1.82, 2.24) is 5.32 Å². The fourth-order valence-corrected chi connectivity index (χ4v) is 1.98. The van der Waals surface area contributed by atoms with Crippen molar-refractivity contribution >= 4 is 11.7 Å². The zero-order valence-electron chi connectivity index (χ0n) is 13.8. The minimum absolute atomic E-state index is 0.0450. The fraction of sp³-hybridized carbons (Fsp3) is 0.556. The Balaban J connectivity index is 2.56. The van der Waals surface area contributed by atoms with Crippen LogP contribution in [0.4, 0.5) is 0 Å². The molecule has 116 valence electrons. The first-order valence-electron chi connectivity index (χ1n) is 7.76. The van der Waals surface area contributed by atoms with Crippen LogP contribution in [0, 0.1) is 11.8 Å². The highest BCUT2D eigenvalue weighted by Gasteiger charge is 2.21. The zero-order chi connectivity index (χ0) is 16.0. The van der Waals surface area contributed by atoms with Gasteiger partial charge in [-0.3, -0.25) is 9.59 Å². The highest BCUT2D eigenvalue weighted by molar-refractivity contribution is 5.90. The van der Waals surface area contributed by atoms with Gasteiger partial charge < -0.3 is 5.32 Å². The minimum Gasteiger partial charge on any atom is -0.346 e. The van der Waals surface area contributed by atoms with Gasteiger partial charge >= 0.3 is 0 Å². The molecule has 0 unspecified atom stereocenters. The summed E-state index contributed by atoms with van der Waals surface area (Å²) in [7, 11) is 0. The summed E-state index contributed by atoms with van der Waals surface area (Å²) in [5.41, 5.74) is 2.26. The van der Waals surface area contributed by atoms with Gasteiger partial charge in [0.15, 0.2) is 5.78 Å². The van der Waals surface area contributed by atoms with Gasteiger partial charge in [0.2, 0.25) is 5.91 Å². The summed E-state index contributed by atoms with van der Waals surface area (Å²) in [5, 5.41) is 2.82. The Morgan fingerprint density at radius 2 is 1.52 bits per heavy atom. The van der Waals surface area contributed by atoms with E-state index >= 15 is 0 Å². The van der Waals surface area contributed by atoms with Gasteiger partial charge in [-0.15, -0.1) is 0 Å². The van der Waals surface area contributed by atoms with E-state index in [1.165, 1.54) is 5.56 Å². The summed E-state index contributed by atoms with van der Waals surface area (Å²) in [4.78, 5) is 24.2. The van der Waals surface area contributed by atoms with Gasteiger partial charge in [0.25, 0.3) is 0 Å². The molecular weight excluding hydrogens is 262 g/mol. The second-order valence-electron chi connectivity index (χ2n) is 6.08. The molecule has 21 heavy (non-hydrogen) atoms. The lowest BCUT2D eigenvalue weighted by atomic mass is 9.96. The first-order valence-corrected chi connectivity index (χ1v) is 7.76. The third kappa shape index (κ3) is 5.33.